The molecule has 5 nitrogen and oxygen atoms in total. The Morgan fingerprint density at radius 1 is 1.27 bits per heavy atom. The van der Waals surface area contributed by atoms with Crippen LogP contribution in [0, 0.1) is 13.8 Å². The molecule has 0 bridgehead atoms. The summed E-state index contributed by atoms with van der Waals surface area (Å²) in [7, 11) is 0. The maximum atomic E-state index is 4.58. The predicted octanol–water partition coefficient (Wildman–Crippen LogP) is 2.55. The summed E-state index contributed by atoms with van der Waals surface area (Å²) in [5, 5.41) is 11.2. The van der Waals surface area contributed by atoms with Gasteiger partial charge in [-0.1, -0.05) is 18.2 Å². The lowest BCUT2D eigenvalue weighted by molar-refractivity contribution is 0.699. The Bertz CT molecular complexity index is 662. The molecule has 2 N–H and O–H groups in total. The van der Waals surface area contributed by atoms with E-state index in [1.54, 1.807) is 0 Å². The van der Waals surface area contributed by atoms with Crippen molar-refractivity contribution in [2.75, 3.05) is 13.1 Å². The van der Waals surface area contributed by atoms with Crippen molar-refractivity contribution in [2.45, 2.75) is 26.8 Å². The van der Waals surface area contributed by atoms with Crippen LogP contribution in [0.1, 0.15) is 23.4 Å². The van der Waals surface area contributed by atoms with Crippen LogP contribution < -0.4 is 10.6 Å². The fourth-order valence-corrected chi connectivity index (χ4v) is 2.57. The second-order valence-corrected chi connectivity index (χ2v) is 5.33. The zero-order valence-corrected chi connectivity index (χ0v) is 15.3. The van der Waals surface area contributed by atoms with Gasteiger partial charge in [-0.05, 0) is 38.0 Å². The van der Waals surface area contributed by atoms with E-state index in [0.717, 1.165) is 49.1 Å². The fourth-order valence-electron chi connectivity index (χ4n) is 2.57. The Balaban J connectivity index is 0.00000176. The van der Waals surface area contributed by atoms with Gasteiger partial charge in [-0.25, -0.2) is 4.68 Å². The summed E-state index contributed by atoms with van der Waals surface area (Å²) in [5.41, 5.74) is 4.51. The van der Waals surface area contributed by atoms with E-state index in [1.807, 2.05) is 17.7 Å². The molecule has 118 valence electrons. The Labute approximate surface area is 148 Å². The number of halogens is 1. The van der Waals surface area contributed by atoms with Gasteiger partial charge in [0.1, 0.15) is 0 Å². The van der Waals surface area contributed by atoms with Crippen molar-refractivity contribution in [3.63, 3.8) is 0 Å². The molecule has 3 rings (SSSR count). The number of hydrogen-bond donors (Lipinski definition) is 2. The zero-order valence-electron chi connectivity index (χ0n) is 13.0. The minimum atomic E-state index is 0. The van der Waals surface area contributed by atoms with E-state index in [0.29, 0.717) is 0 Å². The summed E-state index contributed by atoms with van der Waals surface area (Å²) in [5.74, 6) is 0.893. The SMILES string of the molecule is Cc1cc(C)n(-c2ccccc2CNC2=NCCCN2)n1.I. The van der Waals surface area contributed by atoms with Gasteiger partial charge in [-0.15, -0.1) is 24.0 Å². The van der Waals surface area contributed by atoms with Crippen molar-refractivity contribution in [3.8, 4) is 5.69 Å². The Morgan fingerprint density at radius 3 is 2.77 bits per heavy atom. The van der Waals surface area contributed by atoms with Crippen LogP contribution in [0.5, 0.6) is 0 Å². The number of guanidine groups is 1. The van der Waals surface area contributed by atoms with Gasteiger partial charge in [0, 0.05) is 25.3 Å². The van der Waals surface area contributed by atoms with E-state index < -0.39 is 0 Å². The number of aliphatic imine (C=N–C) groups is 1. The average Bonchev–Trinajstić information content (AvgIpc) is 2.85. The van der Waals surface area contributed by atoms with Gasteiger partial charge in [0.25, 0.3) is 0 Å². The molecule has 0 radical (unpaired) electrons. The maximum absolute atomic E-state index is 4.58. The molecule has 0 saturated heterocycles. The van der Waals surface area contributed by atoms with Gasteiger partial charge in [0.2, 0.25) is 0 Å². The van der Waals surface area contributed by atoms with Crippen molar-refractivity contribution < 1.29 is 0 Å². The number of aryl methyl sites for hydroxylation is 2. The van der Waals surface area contributed by atoms with Crippen molar-refractivity contribution in [1.82, 2.24) is 20.4 Å². The Hall–Kier alpha value is -1.57. The second kappa shape index (κ2) is 7.62. The molecule has 0 spiro atoms. The maximum Gasteiger partial charge on any atom is 0.191 e. The molecule has 0 saturated carbocycles. The van der Waals surface area contributed by atoms with Crippen LogP contribution in [-0.2, 0) is 6.54 Å². The van der Waals surface area contributed by atoms with Gasteiger partial charge in [0.05, 0.1) is 11.4 Å². The molecular weight excluding hydrogens is 389 g/mol. The molecular formula is C16H22IN5. The predicted molar refractivity (Wildman–Crippen MR) is 100 cm³/mol. The van der Waals surface area contributed by atoms with E-state index in [9.17, 15) is 0 Å². The second-order valence-electron chi connectivity index (χ2n) is 5.33. The molecule has 1 aliphatic heterocycles. The molecule has 1 aromatic carbocycles. The standard InChI is InChI=1S/C16H21N5.HI/c1-12-10-13(2)21(20-12)15-7-4-3-6-14(15)11-19-16-17-8-5-9-18-16;/h3-4,6-7,10H,5,8-9,11H2,1-2H3,(H2,17,18,19);1H. The van der Waals surface area contributed by atoms with Crippen LogP contribution in [-0.4, -0.2) is 28.8 Å². The highest BCUT2D eigenvalue weighted by Crippen LogP contribution is 2.16. The number of nitrogens with zero attached hydrogens (tertiary/aromatic N) is 3. The highest BCUT2D eigenvalue weighted by atomic mass is 127. The van der Waals surface area contributed by atoms with E-state index in [1.165, 1.54) is 5.56 Å². The summed E-state index contributed by atoms with van der Waals surface area (Å²) in [6, 6.07) is 10.4. The van der Waals surface area contributed by atoms with E-state index in [4.69, 9.17) is 0 Å². The number of aromatic nitrogens is 2. The highest BCUT2D eigenvalue weighted by molar-refractivity contribution is 14.0. The molecule has 1 aliphatic rings. The van der Waals surface area contributed by atoms with Crippen LogP contribution in [0.2, 0.25) is 0 Å². The molecule has 0 unspecified atom stereocenters. The molecule has 1 aromatic heterocycles. The number of para-hydroxylation sites is 1. The quantitative estimate of drug-likeness (QED) is 0.764. The molecule has 22 heavy (non-hydrogen) atoms. The van der Waals surface area contributed by atoms with Gasteiger partial charge in [0.15, 0.2) is 5.96 Å². The topological polar surface area (TPSA) is 54.2 Å². The normalized spacial score (nSPS) is 13.8. The van der Waals surface area contributed by atoms with Crippen molar-refractivity contribution in [1.29, 1.82) is 0 Å². The average molecular weight is 411 g/mol. The van der Waals surface area contributed by atoms with Crippen molar-refractivity contribution >= 4 is 29.9 Å². The number of nitrogens with one attached hydrogen (secondary N) is 2. The third-order valence-electron chi connectivity index (χ3n) is 3.57. The smallest absolute Gasteiger partial charge is 0.191 e. The lowest BCUT2D eigenvalue weighted by Gasteiger charge is -2.17. The first-order chi connectivity index (χ1) is 10.2. The van der Waals surface area contributed by atoms with Gasteiger partial charge in [-0.3, -0.25) is 4.99 Å². The van der Waals surface area contributed by atoms with E-state index in [-0.39, 0.29) is 24.0 Å². The Morgan fingerprint density at radius 2 is 2.09 bits per heavy atom. The molecule has 0 atom stereocenters. The first-order valence-electron chi connectivity index (χ1n) is 7.38. The zero-order chi connectivity index (χ0) is 14.7. The summed E-state index contributed by atoms with van der Waals surface area (Å²) < 4.78 is 2.00. The summed E-state index contributed by atoms with van der Waals surface area (Å²) in [4.78, 5) is 4.44. The summed E-state index contributed by atoms with van der Waals surface area (Å²) in [6.07, 6.45) is 1.10. The first-order valence-corrected chi connectivity index (χ1v) is 7.38. The molecule has 6 heteroatoms. The minimum Gasteiger partial charge on any atom is -0.356 e. The van der Waals surface area contributed by atoms with Crippen LogP contribution in [0.15, 0.2) is 35.3 Å². The lowest BCUT2D eigenvalue weighted by atomic mass is 10.1. The molecule has 2 aromatic rings. The number of rotatable bonds is 3. The lowest BCUT2D eigenvalue weighted by Crippen LogP contribution is -2.40. The Kier molecular flexibility index (Phi) is 5.82. The fraction of sp³-hybridized carbons (Fsp3) is 0.375. The van der Waals surface area contributed by atoms with Crippen LogP contribution >= 0.6 is 24.0 Å². The number of hydrogen-bond acceptors (Lipinski definition) is 4. The summed E-state index contributed by atoms with van der Waals surface area (Å²) in [6.45, 7) is 6.72. The molecule has 0 fully saturated rings. The van der Waals surface area contributed by atoms with E-state index in [2.05, 4.69) is 51.9 Å². The van der Waals surface area contributed by atoms with Crippen LogP contribution in [0.25, 0.3) is 5.69 Å². The van der Waals surface area contributed by atoms with E-state index >= 15 is 0 Å². The largest absolute Gasteiger partial charge is 0.356 e. The van der Waals surface area contributed by atoms with Gasteiger partial charge >= 0.3 is 0 Å². The van der Waals surface area contributed by atoms with Gasteiger partial charge < -0.3 is 10.6 Å². The minimum absolute atomic E-state index is 0. The van der Waals surface area contributed by atoms with Gasteiger partial charge in [-0.2, -0.15) is 5.10 Å². The van der Waals surface area contributed by atoms with Crippen molar-refractivity contribution in [2.24, 2.45) is 4.99 Å². The van der Waals surface area contributed by atoms with Crippen molar-refractivity contribution in [3.05, 3.63) is 47.3 Å². The summed E-state index contributed by atoms with van der Waals surface area (Å²) >= 11 is 0. The monoisotopic (exact) mass is 411 g/mol. The van der Waals surface area contributed by atoms with Crippen LogP contribution in [0.4, 0.5) is 0 Å². The highest BCUT2D eigenvalue weighted by Gasteiger charge is 2.09. The number of benzene rings is 1. The van der Waals surface area contributed by atoms with Crippen LogP contribution in [0.3, 0.4) is 0 Å². The molecule has 0 amide bonds. The molecule has 0 aliphatic carbocycles. The molecule has 2 heterocycles. The third kappa shape index (κ3) is 3.79. The third-order valence-corrected chi connectivity index (χ3v) is 3.57. The first kappa shape index (κ1) is 16.8.